The molecule has 1 fully saturated rings. The van der Waals surface area contributed by atoms with Crippen LogP contribution in [0.4, 0.5) is 0 Å². The third kappa shape index (κ3) is 3.28. The van der Waals surface area contributed by atoms with Gasteiger partial charge in [-0.2, -0.15) is 0 Å². The molecule has 1 aromatic carbocycles. The number of carbonyl (C=O) groups is 1. The topological polar surface area (TPSA) is 46.3 Å². The van der Waals surface area contributed by atoms with Crippen molar-refractivity contribution in [2.24, 2.45) is 5.73 Å². The van der Waals surface area contributed by atoms with Crippen LogP contribution in [0.1, 0.15) is 38.2 Å². The van der Waals surface area contributed by atoms with Gasteiger partial charge in [-0.05, 0) is 37.5 Å². The second kappa shape index (κ2) is 5.93. The van der Waals surface area contributed by atoms with Crippen LogP contribution in [0.25, 0.3) is 0 Å². The van der Waals surface area contributed by atoms with E-state index in [4.69, 9.17) is 17.3 Å². The Kier molecular flexibility index (Phi) is 4.48. The summed E-state index contributed by atoms with van der Waals surface area (Å²) < 4.78 is 0. The van der Waals surface area contributed by atoms with E-state index in [9.17, 15) is 4.79 Å². The van der Waals surface area contributed by atoms with E-state index in [2.05, 4.69) is 0 Å². The van der Waals surface area contributed by atoms with Crippen molar-refractivity contribution in [1.82, 2.24) is 4.90 Å². The Labute approximate surface area is 119 Å². The molecule has 0 aromatic heterocycles. The highest BCUT2D eigenvalue weighted by molar-refractivity contribution is 6.30. The lowest BCUT2D eigenvalue weighted by Crippen LogP contribution is -2.53. The maximum absolute atomic E-state index is 12.6. The second-order valence-corrected chi connectivity index (χ2v) is 5.75. The Morgan fingerprint density at radius 1 is 1.42 bits per heavy atom. The number of nitrogens with two attached hydrogens (primary N) is 1. The van der Waals surface area contributed by atoms with Gasteiger partial charge in [-0.1, -0.05) is 36.6 Å². The highest BCUT2D eigenvalue weighted by Gasteiger charge is 2.39. The molecule has 0 unspecified atom stereocenters. The molecule has 0 aliphatic heterocycles. The van der Waals surface area contributed by atoms with E-state index >= 15 is 0 Å². The Balaban J connectivity index is 2.10. The van der Waals surface area contributed by atoms with Crippen molar-refractivity contribution in [3.8, 4) is 0 Å². The summed E-state index contributed by atoms with van der Waals surface area (Å²) >= 11 is 5.98. The van der Waals surface area contributed by atoms with Gasteiger partial charge in [0.2, 0.25) is 5.91 Å². The van der Waals surface area contributed by atoms with Gasteiger partial charge >= 0.3 is 0 Å². The van der Waals surface area contributed by atoms with Crippen LogP contribution < -0.4 is 5.73 Å². The Morgan fingerprint density at radius 2 is 2.11 bits per heavy atom. The SMILES string of the molecule is CCN(Cc1cccc(Cl)c1)C(=O)C1(N)CCCC1. The van der Waals surface area contributed by atoms with Crippen molar-refractivity contribution in [3.05, 3.63) is 34.9 Å². The molecule has 3 nitrogen and oxygen atoms in total. The van der Waals surface area contributed by atoms with Crippen molar-refractivity contribution in [2.45, 2.75) is 44.7 Å². The first-order chi connectivity index (χ1) is 9.05. The molecule has 1 aliphatic rings. The summed E-state index contributed by atoms with van der Waals surface area (Å²) in [6.45, 7) is 3.24. The largest absolute Gasteiger partial charge is 0.337 e. The van der Waals surface area contributed by atoms with Crippen LogP contribution >= 0.6 is 11.6 Å². The number of nitrogens with zero attached hydrogens (tertiary/aromatic N) is 1. The van der Waals surface area contributed by atoms with E-state index in [-0.39, 0.29) is 5.91 Å². The molecule has 0 bridgehead atoms. The standard InChI is InChI=1S/C15H21ClN2O/c1-2-18(11-12-6-5-7-13(16)10-12)14(19)15(17)8-3-4-9-15/h5-7,10H,2-4,8-9,11,17H2,1H3. The van der Waals surface area contributed by atoms with E-state index in [1.807, 2.05) is 36.1 Å². The number of benzene rings is 1. The first-order valence-electron chi connectivity index (χ1n) is 6.88. The fourth-order valence-electron chi connectivity index (χ4n) is 2.72. The third-order valence-electron chi connectivity index (χ3n) is 3.85. The quantitative estimate of drug-likeness (QED) is 0.922. The zero-order valence-corrected chi connectivity index (χ0v) is 12.1. The molecule has 1 aliphatic carbocycles. The maximum Gasteiger partial charge on any atom is 0.242 e. The monoisotopic (exact) mass is 280 g/mol. The van der Waals surface area contributed by atoms with Gasteiger partial charge in [-0.3, -0.25) is 4.79 Å². The normalized spacial score (nSPS) is 17.4. The predicted octanol–water partition coefficient (Wildman–Crippen LogP) is 2.96. The van der Waals surface area contributed by atoms with Crippen molar-refractivity contribution in [2.75, 3.05) is 6.54 Å². The van der Waals surface area contributed by atoms with Crippen LogP contribution in [0.3, 0.4) is 0 Å². The molecule has 0 atom stereocenters. The highest BCUT2D eigenvalue weighted by Crippen LogP contribution is 2.29. The molecule has 0 saturated heterocycles. The van der Waals surface area contributed by atoms with Crippen LogP contribution in [-0.2, 0) is 11.3 Å². The van der Waals surface area contributed by atoms with Crippen molar-refractivity contribution in [1.29, 1.82) is 0 Å². The number of hydrogen-bond donors (Lipinski definition) is 1. The summed E-state index contributed by atoms with van der Waals surface area (Å²) in [4.78, 5) is 14.4. The molecule has 19 heavy (non-hydrogen) atoms. The van der Waals surface area contributed by atoms with Gasteiger partial charge < -0.3 is 10.6 Å². The van der Waals surface area contributed by atoms with Crippen molar-refractivity contribution < 1.29 is 4.79 Å². The molecule has 2 N–H and O–H groups in total. The minimum atomic E-state index is -0.644. The number of halogens is 1. The molecular formula is C15H21ClN2O. The van der Waals surface area contributed by atoms with Crippen LogP contribution in [0.15, 0.2) is 24.3 Å². The molecule has 1 amide bonds. The van der Waals surface area contributed by atoms with Crippen LogP contribution in [-0.4, -0.2) is 22.9 Å². The number of likely N-dealkylation sites (N-methyl/N-ethyl adjacent to an activating group) is 1. The zero-order valence-electron chi connectivity index (χ0n) is 11.4. The van der Waals surface area contributed by atoms with Crippen LogP contribution in [0.5, 0.6) is 0 Å². The summed E-state index contributed by atoms with van der Waals surface area (Å²) in [5, 5.41) is 0.698. The number of rotatable bonds is 4. The van der Waals surface area contributed by atoms with E-state index in [1.54, 1.807) is 0 Å². The first kappa shape index (κ1) is 14.4. The highest BCUT2D eigenvalue weighted by atomic mass is 35.5. The fourth-order valence-corrected chi connectivity index (χ4v) is 2.93. The molecule has 0 heterocycles. The zero-order chi connectivity index (χ0) is 13.9. The molecule has 1 saturated carbocycles. The summed E-state index contributed by atoms with van der Waals surface area (Å²) in [6.07, 6.45) is 3.71. The van der Waals surface area contributed by atoms with Crippen molar-refractivity contribution >= 4 is 17.5 Å². The van der Waals surface area contributed by atoms with Gasteiger partial charge in [0, 0.05) is 18.1 Å². The molecular weight excluding hydrogens is 260 g/mol. The molecule has 4 heteroatoms. The maximum atomic E-state index is 12.6. The Bertz CT molecular complexity index is 455. The van der Waals surface area contributed by atoms with Gasteiger partial charge in [-0.15, -0.1) is 0 Å². The minimum Gasteiger partial charge on any atom is -0.337 e. The Hall–Kier alpha value is -1.06. The van der Waals surface area contributed by atoms with Gasteiger partial charge in [0.1, 0.15) is 0 Å². The average molecular weight is 281 g/mol. The Morgan fingerprint density at radius 3 is 2.68 bits per heavy atom. The smallest absolute Gasteiger partial charge is 0.242 e. The average Bonchev–Trinajstić information content (AvgIpc) is 2.83. The summed E-state index contributed by atoms with van der Waals surface area (Å²) in [6, 6.07) is 7.63. The molecule has 104 valence electrons. The minimum absolute atomic E-state index is 0.0764. The molecule has 0 radical (unpaired) electrons. The third-order valence-corrected chi connectivity index (χ3v) is 4.09. The van der Waals surface area contributed by atoms with E-state index in [0.29, 0.717) is 18.1 Å². The molecule has 1 aromatic rings. The van der Waals surface area contributed by atoms with Crippen LogP contribution in [0.2, 0.25) is 5.02 Å². The summed E-state index contributed by atoms with van der Waals surface area (Å²) in [7, 11) is 0. The molecule has 2 rings (SSSR count). The first-order valence-corrected chi connectivity index (χ1v) is 7.25. The van der Waals surface area contributed by atoms with Gasteiger partial charge in [0.05, 0.1) is 5.54 Å². The summed E-state index contributed by atoms with van der Waals surface area (Å²) in [5.74, 6) is 0.0764. The lowest BCUT2D eigenvalue weighted by molar-refractivity contribution is -0.137. The summed E-state index contributed by atoms with van der Waals surface area (Å²) in [5.41, 5.74) is 6.65. The van der Waals surface area contributed by atoms with E-state index in [0.717, 1.165) is 31.2 Å². The molecule has 0 spiro atoms. The van der Waals surface area contributed by atoms with Gasteiger partial charge in [-0.25, -0.2) is 0 Å². The number of hydrogen-bond acceptors (Lipinski definition) is 2. The van der Waals surface area contributed by atoms with E-state index < -0.39 is 5.54 Å². The second-order valence-electron chi connectivity index (χ2n) is 5.31. The lowest BCUT2D eigenvalue weighted by atomic mass is 9.97. The van der Waals surface area contributed by atoms with Gasteiger partial charge in [0.15, 0.2) is 0 Å². The van der Waals surface area contributed by atoms with Crippen molar-refractivity contribution in [3.63, 3.8) is 0 Å². The number of amides is 1. The van der Waals surface area contributed by atoms with E-state index in [1.165, 1.54) is 0 Å². The fraction of sp³-hybridized carbons (Fsp3) is 0.533. The predicted molar refractivity (Wildman–Crippen MR) is 77.9 cm³/mol. The van der Waals surface area contributed by atoms with Crippen LogP contribution in [0, 0.1) is 0 Å². The van der Waals surface area contributed by atoms with Gasteiger partial charge in [0.25, 0.3) is 0 Å². The number of carbonyl (C=O) groups excluding carboxylic acids is 1. The lowest BCUT2D eigenvalue weighted by Gasteiger charge is -2.31.